The topological polar surface area (TPSA) is 78.8 Å². The quantitative estimate of drug-likeness (QED) is 0.846. The second-order valence-corrected chi connectivity index (χ2v) is 4.78. The number of benzene rings is 1. The summed E-state index contributed by atoms with van der Waals surface area (Å²) in [6, 6.07) is 3.13. The molecule has 108 valence electrons. The second-order valence-electron chi connectivity index (χ2n) is 4.78. The molecule has 0 bridgehead atoms. The molecular weight excluding hydrogens is 261 g/mol. The number of methoxy groups -OCH3 is 1. The molecule has 0 spiro atoms. The van der Waals surface area contributed by atoms with Gasteiger partial charge in [0.05, 0.1) is 11.6 Å². The van der Waals surface area contributed by atoms with E-state index in [9.17, 15) is 4.39 Å². The smallest absolute Gasteiger partial charge is 0.185 e. The second kappa shape index (κ2) is 5.96. The molecule has 6 nitrogen and oxygen atoms in total. The predicted molar refractivity (Wildman–Crippen MR) is 73.6 cm³/mol. The first kappa shape index (κ1) is 14.4. The number of nitrogens with zero attached hydrogens (tertiary/aromatic N) is 4. The Hall–Kier alpha value is -2.02. The van der Waals surface area contributed by atoms with E-state index in [-0.39, 0.29) is 11.9 Å². The molecule has 0 fully saturated rings. The van der Waals surface area contributed by atoms with Gasteiger partial charge in [-0.2, -0.15) is 0 Å². The van der Waals surface area contributed by atoms with Gasteiger partial charge in [-0.25, -0.2) is 9.07 Å². The van der Waals surface area contributed by atoms with E-state index in [4.69, 9.17) is 10.5 Å². The lowest BCUT2D eigenvalue weighted by Crippen LogP contribution is -2.12. The van der Waals surface area contributed by atoms with Crippen LogP contribution in [0, 0.1) is 12.7 Å². The van der Waals surface area contributed by atoms with E-state index in [2.05, 4.69) is 15.5 Å². The first-order valence-electron chi connectivity index (χ1n) is 6.37. The zero-order valence-corrected chi connectivity index (χ0v) is 11.8. The Kier molecular flexibility index (Phi) is 4.29. The van der Waals surface area contributed by atoms with Gasteiger partial charge < -0.3 is 10.5 Å². The van der Waals surface area contributed by atoms with E-state index in [1.807, 2.05) is 6.92 Å². The Morgan fingerprint density at radius 3 is 2.90 bits per heavy atom. The van der Waals surface area contributed by atoms with Crippen molar-refractivity contribution in [3.8, 4) is 11.4 Å². The maximum atomic E-state index is 14.3. The number of hydrogen-bond acceptors (Lipinski definition) is 5. The summed E-state index contributed by atoms with van der Waals surface area (Å²) in [5, 5.41) is 11.5. The number of halogens is 1. The molecule has 2 rings (SSSR count). The van der Waals surface area contributed by atoms with Crippen molar-refractivity contribution in [2.45, 2.75) is 26.3 Å². The molecule has 0 aliphatic heterocycles. The molecule has 20 heavy (non-hydrogen) atoms. The fraction of sp³-hybridized carbons (Fsp3) is 0.462. The highest BCUT2D eigenvalue weighted by Gasteiger charge is 2.19. The van der Waals surface area contributed by atoms with Gasteiger partial charge in [-0.15, -0.1) is 5.10 Å². The van der Waals surface area contributed by atoms with E-state index in [0.29, 0.717) is 29.2 Å². The van der Waals surface area contributed by atoms with Crippen molar-refractivity contribution >= 4 is 5.69 Å². The zero-order valence-electron chi connectivity index (χ0n) is 11.8. The van der Waals surface area contributed by atoms with Crippen LogP contribution in [0.2, 0.25) is 0 Å². The van der Waals surface area contributed by atoms with Crippen LogP contribution in [-0.4, -0.2) is 33.9 Å². The lowest BCUT2D eigenvalue weighted by molar-refractivity contribution is 0.178. The molecule has 1 aromatic heterocycles. The highest BCUT2D eigenvalue weighted by Crippen LogP contribution is 2.27. The molecule has 1 atom stereocenters. The van der Waals surface area contributed by atoms with E-state index < -0.39 is 0 Å². The van der Waals surface area contributed by atoms with Crippen LogP contribution in [-0.2, 0) is 4.74 Å². The monoisotopic (exact) mass is 279 g/mol. The third-order valence-corrected chi connectivity index (χ3v) is 3.17. The Bertz CT molecular complexity index is 598. The Morgan fingerprint density at radius 2 is 2.20 bits per heavy atom. The number of ether oxygens (including phenoxy) is 1. The van der Waals surface area contributed by atoms with E-state index in [0.717, 1.165) is 6.42 Å². The fourth-order valence-corrected chi connectivity index (χ4v) is 2.04. The summed E-state index contributed by atoms with van der Waals surface area (Å²) in [5.41, 5.74) is 7.05. The number of nitrogen functional groups attached to an aromatic ring is 1. The minimum atomic E-state index is -0.353. The highest BCUT2D eigenvalue weighted by atomic mass is 19.1. The van der Waals surface area contributed by atoms with Crippen molar-refractivity contribution in [2.75, 3.05) is 19.5 Å². The van der Waals surface area contributed by atoms with Crippen molar-refractivity contribution in [3.63, 3.8) is 0 Å². The van der Waals surface area contributed by atoms with E-state index >= 15 is 0 Å². The minimum absolute atomic E-state index is 0.00101. The Labute approximate surface area is 116 Å². The van der Waals surface area contributed by atoms with Gasteiger partial charge in [0.15, 0.2) is 5.82 Å². The van der Waals surface area contributed by atoms with Gasteiger partial charge in [0.2, 0.25) is 0 Å². The minimum Gasteiger partial charge on any atom is -0.399 e. The lowest BCUT2D eigenvalue weighted by atomic mass is 10.1. The molecule has 0 aliphatic carbocycles. The SMILES string of the molecule is COCCC(C)n1nnnc1-c1cc(N)cc(C)c1F. The normalized spacial score (nSPS) is 12.6. The van der Waals surface area contributed by atoms with Gasteiger partial charge in [-0.05, 0) is 48.4 Å². The van der Waals surface area contributed by atoms with Crippen molar-refractivity contribution in [1.82, 2.24) is 20.2 Å². The molecule has 7 heteroatoms. The van der Waals surface area contributed by atoms with Gasteiger partial charge in [0.1, 0.15) is 5.82 Å². The standard InChI is InChI=1S/C13H18FN5O/c1-8-6-10(15)7-11(12(8)14)13-16-17-18-19(13)9(2)4-5-20-3/h6-7,9H,4-5,15H2,1-3H3. The maximum absolute atomic E-state index is 14.3. The van der Waals surface area contributed by atoms with Gasteiger partial charge in [0, 0.05) is 19.4 Å². The number of tetrazole rings is 1. The summed E-state index contributed by atoms with van der Waals surface area (Å²) in [5.74, 6) is 0.0238. The molecular formula is C13H18FN5O. The molecule has 0 radical (unpaired) electrons. The molecule has 0 amide bonds. The first-order valence-corrected chi connectivity index (χ1v) is 6.37. The van der Waals surface area contributed by atoms with Crippen molar-refractivity contribution in [3.05, 3.63) is 23.5 Å². The van der Waals surface area contributed by atoms with Gasteiger partial charge in [-0.3, -0.25) is 0 Å². The molecule has 2 aromatic rings. The summed E-state index contributed by atoms with van der Waals surface area (Å²) in [6.07, 6.45) is 0.734. The average molecular weight is 279 g/mol. The van der Waals surface area contributed by atoms with Gasteiger partial charge in [-0.1, -0.05) is 0 Å². The van der Waals surface area contributed by atoms with Crippen molar-refractivity contribution < 1.29 is 9.13 Å². The number of aromatic nitrogens is 4. The molecule has 0 saturated heterocycles. The summed E-state index contributed by atoms with van der Waals surface area (Å²) in [7, 11) is 1.63. The van der Waals surface area contributed by atoms with Gasteiger partial charge in [0.25, 0.3) is 0 Å². The largest absolute Gasteiger partial charge is 0.399 e. The third kappa shape index (κ3) is 2.77. The van der Waals surface area contributed by atoms with Crippen LogP contribution < -0.4 is 5.73 Å². The molecule has 0 saturated carbocycles. The zero-order chi connectivity index (χ0) is 14.7. The van der Waals surface area contributed by atoms with E-state index in [1.54, 1.807) is 30.8 Å². The van der Waals surface area contributed by atoms with Crippen LogP contribution in [0.5, 0.6) is 0 Å². The Morgan fingerprint density at radius 1 is 1.45 bits per heavy atom. The number of nitrogens with two attached hydrogens (primary N) is 1. The summed E-state index contributed by atoms with van der Waals surface area (Å²) in [4.78, 5) is 0. The number of hydrogen-bond donors (Lipinski definition) is 1. The average Bonchev–Trinajstić information content (AvgIpc) is 2.89. The van der Waals surface area contributed by atoms with Crippen LogP contribution in [0.25, 0.3) is 11.4 Å². The predicted octanol–water partition coefficient (Wildman–Crippen LogP) is 1.97. The highest BCUT2D eigenvalue weighted by molar-refractivity contribution is 5.63. The van der Waals surface area contributed by atoms with Crippen LogP contribution in [0.15, 0.2) is 12.1 Å². The van der Waals surface area contributed by atoms with Crippen LogP contribution >= 0.6 is 0 Å². The number of rotatable bonds is 5. The molecule has 1 unspecified atom stereocenters. The lowest BCUT2D eigenvalue weighted by Gasteiger charge is -2.14. The van der Waals surface area contributed by atoms with Crippen LogP contribution in [0.4, 0.5) is 10.1 Å². The third-order valence-electron chi connectivity index (χ3n) is 3.17. The van der Waals surface area contributed by atoms with Crippen LogP contribution in [0.1, 0.15) is 24.9 Å². The molecule has 1 aromatic carbocycles. The number of aryl methyl sites for hydroxylation is 1. The summed E-state index contributed by atoms with van der Waals surface area (Å²) < 4.78 is 20.9. The van der Waals surface area contributed by atoms with Crippen LogP contribution in [0.3, 0.4) is 0 Å². The number of anilines is 1. The summed E-state index contributed by atoms with van der Waals surface area (Å²) in [6.45, 7) is 4.20. The first-order chi connectivity index (χ1) is 9.54. The maximum Gasteiger partial charge on any atom is 0.185 e. The van der Waals surface area contributed by atoms with E-state index in [1.165, 1.54) is 0 Å². The summed E-state index contributed by atoms with van der Waals surface area (Å²) >= 11 is 0. The van der Waals surface area contributed by atoms with Crippen molar-refractivity contribution in [1.29, 1.82) is 0 Å². The molecule has 2 N–H and O–H groups in total. The molecule has 0 aliphatic rings. The molecule has 1 heterocycles. The van der Waals surface area contributed by atoms with Gasteiger partial charge >= 0.3 is 0 Å². The Balaban J connectivity index is 2.42. The van der Waals surface area contributed by atoms with Crippen molar-refractivity contribution in [2.24, 2.45) is 0 Å². The fourth-order valence-electron chi connectivity index (χ4n) is 2.04.